The van der Waals surface area contributed by atoms with Crippen molar-refractivity contribution in [3.63, 3.8) is 0 Å². The quantitative estimate of drug-likeness (QED) is 0.346. The van der Waals surface area contributed by atoms with E-state index < -0.39 is 11.2 Å². The third-order valence-corrected chi connectivity index (χ3v) is 5.37. The molecule has 1 heterocycles. The summed E-state index contributed by atoms with van der Waals surface area (Å²) in [6.07, 6.45) is 3.26. The Morgan fingerprint density at radius 3 is 2.72 bits per heavy atom. The van der Waals surface area contributed by atoms with Crippen LogP contribution in [-0.2, 0) is 16.0 Å². The van der Waals surface area contributed by atoms with Crippen LogP contribution in [0.2, 0.25) is 0 Å². The Labute approximate surface area is 174 Å². The molecule has 2 rings (SSSR count). The highest BCUT2D eigenvalue weighted by atomic mass is 32.2. The first-order valence-corrected chi connectivity index (χ1v) is 10.7. The molecule has 0 saturated heterocycles. The monoisotopic (exact) mass is 417 g/mol. The number of aromatic nitrogens is 2. The highest BCUT2D eigenvalue weighted by molar-refractivity contribution is 8.00. The second kappa shape index (κ2) is 11.4. The van der Waals surface area contributed by atoms with E-state index in [-0.39, 0.29) is 18.1 Å². The third kappa shape index (κ3) is 7.05. The number of nitrogens with one attached hydrogen (secondary N) is 2. The van der Waals surface area contributed by atoms with Crippen molar-refractivity contribution >= 4 is 29.3 Å². The topological polar surface area (TPSA) is 101 Å². The second-order valence-corrected chi connectivity index (χ2v) is 7.64. The van der Waals surface area contributed by atoms with Crippen molar-refractivity contribution < 1.29 is 14.3 Å². The molecular weight excluding hydrogens is 390 g/mol. The number of H-pyrrole nitrogens is 1. The molecule has 1 atom stereocenters. The van der Waals surface area contributed by atoms with Gasteiger partial charge in [0.15, 0.2) is 5.16 Å². The molecule has 2 aromatic rings. The number of aromatic amines is 1. The zero-order valence-electron chi connectivity index (χ0n) is 17.0. The van der Waals surface area contributed by atoms with Crippen molar-refractivity contribution in [1.82, 2.24) is 9.97 Å². The Morgan fingerprint density at radius 1 is 1.24 bits per heavy atom. The number of unbranched alkanes of at least 4 members (excludes halogenated alkanes) is 1. The van der Waals surface area contributed by atoms with Gasteiger partial charge in [-0.1, -0.05) is 38.1 Å². The molecule has 0 aliphatic carbocycles. The largest absolute Gasteiger partial charge is 0.462 e. The molecule has 1 amide bonds. The highest BCUT2D eigenvalue weighted by Gasteiger charge is 2.20. The van der Waals surface area contributed by atoms with Gasteiger partial charge in [-0.25, -0.2) is 9.78 Å². The summed E-state index contributed by atoms with van der Waals surface area (Å²) in [4.78, 5) is 43.7. The Morgan fingerprint density at radius 2 is 2.03 bits per heavy atom. The van der Waals surface area contributed by atoms with E-state index in [1.165, 1.54) is 17.8 Å². The Bertz CT molecular complexity index is 897. The van der Waals surface area contributed by atoms with Crippen molar-refractivity contribution in [1.29, 1.82) is 0 Å². The van der Waals surface area contributed by atoms with E-state index >= 15 is 0 Å². The number of esters is 1. The number of benzene rings is 1. The lowest BCUT2D eigenvalue weighted by molar-refractivity contribution is -0.115. The summed E-state index contributed by atoms with van der Waals surface area (Å²) in [5.74, 6) is -0.657. The molecule has 7 nitrogen and oxygen atoms in total. The van der Waals surface area contributed by atoms with Crippen LogP contribution in [0.1, 0.15) is 56.1 Å². The second-order valence-electron chi connectivity index (χ2n) is 6.45. The summed E-state index contributed by atoms with van der Waals surface area (Å²) in [6.45, 7) is 6.00. The molecule has 156 valence electrons. The number of rotatable bonds is 10. The fourth-order valence-corrected chi connectivity index (χ4v) is 3.57. The number of amides is 1. The van der Waals surface area contributed by atoms with Crippen molar-refractivity contribution in [2.24, 2.45) is 0 Å². The van der Waals surface area contributed by atoms with E-state index in [2.05, 4.69) is 22.2 Å². The summed E-state index contributed by atoms with van der Waals surface area (Å²) >= 11 is 1.23. The number of nitrogens with zero attached hydrogens (tertiary/aromatic N) is 1. The molecule has 29 heavy (non-hydrogen) atoms. The van der Waals surface area contributed by atoms with E-state index in [1.54, 1.807) is 31.2 Å². The molecule has 2 N–H and O–H groups in total. The number of aryl methyl sites for hydroxylation is 1. The summed E-state index contributed by atoms with van der Waals surface area (Å²) < 4.78 is 4.99. The van der Waals surface area contributed by atoms with Gasteiger partial charge in [0.1, 0.15) is 0 Å². The summed E-state index contributed by atoms with van der Waals surface area (Å²) in [5, 5.41) is 2.82. The maximum atomic E-state index is 12.7. The standard InChI is InChI=1S/C21H27N3O4S/c1-4-7-10-16-13-18(25)24-21(23-16)29-17(5-2)19(26)22-15-11-8-9-14(12-15)20(27)28-6-3/h8-9,11-13,17H,4-7,10H2,1-3H3,(H,22,26)(H,23,24,25). The Balaban J connectivity index is 2.09. The number of hydrogen-bond acceptors (Lipinski definition) is 6. The van der Waals surface area contributed by atoms with E-state index in [0.29, 0.717) is 22.8 Å². The maximum absolute atomic E-state index is 12.7. The number of carbonyl (C=O) groups is 2. The van der Waals surface area contributed by atoms with Gasteiger partial charge in [-0.2, -0.15) is 0 Å². The Hall–Kier alpha value is -2.61. The zero-order valence-corrected chi connectivity index (χ0v) is 17.8. The number of ether oxygens (including phenoxy) is 1. The lowest BCUT2D eigenvalue weighted by Gasteiger charge is -2.15. The molecule has 0 saturated carbocycles. The van der Waals surface area contributed by atoms with Gasteiger partial charge in [-0.3, -0.25) is 9.59 Å². The molecule has 0 aliphatic heterocycles. The van der Waals surface area contributed by atoms with Crippen molar-refractivity contribution in [2.75, 3.05) is 11.9 Å². The highest BCUT2D eigenvalue weighted by Crippen LogP contribution is 2.23. The smallest absolute Gasteiger partial charge is 0.338 e. The number of carbonyl (C=O) groups excluding carboxylic acids is 2. The third-order valence-electron chi connectivity index (χ3n) is 4.12. The molecule has 1 unspecified atom stereocenters. The van der Waals surface area contributed by atoms with E-state index in [4.69, 9.17) is 4.74 Å². The molecule has 0 fully saturated rings. The SMILES string of the molecule is CCCCc1cc(=O)[nH]c(SC(CC)C(=O)Nc2cccc(C(=O)OCC)c2)n1. The van der Waals surface area contributed by atoms with Gasteiger partial charge in [0.25, 0.3) is 5.56 Å². The maximum Gasteiger partial charge on any atom is 0.338 e. The fourth-order valence-electron chi connectivity index (χ4n) is 2.64. The van der Waals surface area contributed by atoms with Crippen LogP contribution < -0.4 is 10.9 Å². The first kappa shape index (κ1) is 22.7. The molecule has 8 heteroatoms. The van der Waals surface area contributed by atoms with Gasteiger partial charge < -0.3 is 15.0 Å². The van der Waals surface area contributed by atoms with Crippen LogP contribution >= 0.6 is 11.8 Å². The molecule has 1 aromatic carbocycles. The van der Waals surface area contributed by atoms with Gasteiger partial charge in [-0.05, 0) is 44.4 Å². The fraction of sp³-hybridized carbons (Fsp3) is 0.429. The van der Waals surface area contributed by atoms with Gasteiger partial charge in [-0.15, -0.1) is 0 Å². The predicted molar refractivity (Wildman–Crippen MR) is 114 cm³/mol. The van der Waals surface area contributed by atoms with Gasteiger partial charge >= 0.3 is 5.97 Å². The number of thioether (sulfide) groups is 1. The average Bonchev–Trinajstić information content (AvgIpc) is 2.70. The molecule has 1 aromatic heterocycles. The molecule has 0 spiro atoms. The number of hydrogen-bond donors (Lipinski definition) is 2. The van der Waals surface area contributed by atoms with E-state index in [1.807, 2.05) is 6.92 Å². The average molecular weight is 418 g/mol. The minimum Gasteiger partial charge on any atom is -0.462 e. The number of anilines is 1. The molecule has 0 bridgehead atoms. The zero-order chi connectivity index (χ0) is 21.2. The van der Waals surface area contributed by atoms with Crippen molar-refractivity contribution in [3.05, 3.63) is 51.9 Å². The van der Waals surface area contributed by atoms with Crippen molar-refractivity contribution in [3.8, 4) is 0 Å². The lowest BCUT2D eigenvalue weighted by atomic mass is 10.2. The van der Waals surface area contributed by atoms with Crippen molar-refractivity contribution in [2.45, 2.75) is 56.9 Å². The van der Waals surface area contributed by atoms with Crippen LogP contribution in [0.15, 0.2) is 40.3 Å². The molecule has 0 radical (unpaired) electrons. The molecular formula is C21H27N3O4S. The summed E-state index contributed by atoms with van der Waals surface area (Å²) in [7, 11) is 0. The Kier molecular flexibility index (Phi) is 8.92. The minimum atomic E-state index is -0.439. The first-order chi connectivity index (χ1) is 14.0. The molecule has 0 aliphatic rings. The normalized spacial score (nSPS) is 11.7. The van der Waals surface area contributed by atoms with Crippen LogP contribution in [0.5, 0.6) is 0 Å². The lowest BCUT2D eigenvalue weighted by Crippen LogP contribution is -2.25. The first-order valence-electron chi connectivity index (χ1n) is 9.81. The van der Waals surface area contributed by atoms with E-state index in [0.717, 1.165) is 25.0 Å². The van der Waals surface area contributed by atoms with E-state index in [9.17, 15) is 14.4 Å². The van der Waals surface area contributed by atoms with Gasteiger partial charge in [0, 0.05) is 17.4 Å². The van der Waals surface area contributed by atoms with Crippen LogP contribution in [0.25, 0.3) is 0 Å². The van der Waals surface area contributed by atoms with Gasteiger partial charge in [0.2, 0.25) is 5.91 Å². The summed E-state index contributed by atoms with van der Waals surface area (Å²) in [6, 6.07) is 8.12. The minimum absolute atomic E-state index is 0.217. The van der Waals surface area contributed by atoms with Crippen LogP contribution in [-0.4, -0.2) is 33.7 Å². The van der Waals surface area contributed by atoms with Crippen LogP contribution in [0.4, 0.5) is 5.69 Å². The van der Waals surface area contributed by atoms with Gasteiger partial charge in [0.05, 0.1) is 17.4 Å². The van der Waals surface area contributed by atoms with Crippen LogP contribution in [0, 0.1) is 0 Å². The predicted octanol–water partition coefficient (Wildman–Crippen LogP) is 3.80. The van der Waals surface area contributed by atoms with Crippen LogP contribution in [0.3, 0.4) is 0 Å². The summed E-state index contributed by atoms with van der Waals surface area (Å²) in [5.41, 5.74) is 1.40.